The van der Waals surface area contributed by atoms with Gasteiger partial charge in [-0.2, -0.15) is 5.26 Å². The van der Waals surface area contributed by atoms with Crippen LogP contribution in [0.4, 0.5) is 5.69 Å². The highest BCUT2D eigenvalue weighted by Crippen LogP contribution is 2.26. The minimum atomic E-state index is -0.271. The maximum Gasteiger partial charge on any atom is 0.262 e. The van der Waals surface area contributed by atoms with Crippen LogP contribution in [0.25, 0.3) is 6.08 Å². The number of halogens is 1. The number of nitrogens with one attached hydrogen (secondary N) is 1. The zero-order valence-corrected chi connectivity index (χ0v) is 15.2. The Labute approximate surface area is 146 Å². The van der Waals surface area contributed by atoms with Gasteiger partial charge in [-0.15, -0.1) is 0 Å². The number of nitrogens with zero attached hydrogens (tertiary/aromatic N) is 2. The maximum atomic E-state index is 12.3. The molecule has 0 unspecified atom stereocenters. The van der Waals surface area contributed by atoms with Crippen molar-refractivity contribution in [2.24, 2.45) is 0 Å². The van der Waals surface area contributed by atoms with E-state index >= 15 is 0 Å². The number of amides is 1. The number of hydrogen-bond acceptors (Lipinski definition) is 3. The third-order valence-electron chi connectivity index (χ3n) is 4.07. The van der Waals surface area contributed by atoms with Gasteiger partial charge in [-0.3, -0.25) is 4.79 Å². The summed E-state index contributed by atoms with van der Waals surface area (Å²) >= 11 is 3.52. The highest BCUT2D eigenvalue weighted by atomic mass is 79.9. The monoisotopic (exact) mass is 375 g/mol. The molecule has 1 aromatic carbocycles. The fourth-order valence-electron chi connectivity index (χ4n) is 2.80. The fraction of sp³-hybridized carbons (Fsp3) is 0.444. The van der Waals surface area contributed by atoms with Gasteiger partial charge in [-0.1, -0.05) is 25.3 Å². The standard InChI is InChI=1S/C18H22BrN3O/c1-22(2)17-9-8-13(11-16(17)19)10-14(12-20)18(23)21-15-6-4-3-5-7-15/h8-11,15H,3-7H2,1-2H3,(H,21,23). The third-order valence-corrected chi connectivity index (χ3v) is 4.71. The van der Waals surface area contributed by atoms with Gasteiger partial charge >= 0.3 is 0 Å². The minimum Gasteiger partial charge on any atom is -0.377 e. The summed E-state index contributed by atoms with van der Waals surface area (Å²) in [4.78, 5) is 14.3. The van der Waals surface area contributed by atoms with Gasteiger partial charge in [0.1, 0.15) is 11.6 Å². The van der Waals surface area contributed by atoms with Crippen LogP contribution in [0.1, 0.15) is 37.7 Å². The van der Waals surface area contributed by atoms with Crippen LogP contribution in [0, 0.1) is 11.3 Å². The molecule has 1 fully saturated rings. The summed E-state index contributed by atoms with van der Waals surface area (Å²) in [5.41, 5.74) is 2.03. The van der Waals surface area contributed by atoms with Crippen molar-refractivity contribution in [1.29, 1.82) is 5.26 Å². The van der Waals surface area contributed by atoms with E-state index in [0.717, 1.165) is 41.4 Å². The normalized spacial score (nSPS) is 15.8. The van der Waals surface area contributed by atoms with Gasteiger partial charge in [-0.05, 0) is 52.5 Å². The molecule has 1 aliphatic rings. The molecule has 1 aliphatic carbocycles. The van der Waals surface area contributed by atoms with Crippen LogP contribution < -0.4 is 10.2 Å². The lowest BCUT2D eigenvalue weighted by atomic mass is 9.95. The fourth-order valence-corrected chi connectivity index (χ4v) is 3.55. The lowest BCUT2D eigenvalue weighted by molar-refractivity contribution is -0.117. The van der Waals surface area contributed by atoms with Crippen molar-refractivity contribution in [2.75, 3.05) is 19.0 Å². The lowest BCUT2D eigenvalue weighted by Crippen LogP contribution is -2.36. The molecule has 1 amide bonds. The molecule has 0 heterocycles. The summed E-state index contributed by atoms with van der Waals surface area (Å²) in [6, 6.07) is 8.01. The van der Waals surface area contributed by atoms with E-state index < -0.39 is 0 Å². The van der Waals surface area contributed by atoms with E-state index in [-0.39, 0.29) is 17.5 Å². The molecule has 0 atom stereocenters. The van der Waals surface area contributed by atoms with E-state index in [9.17, 15) is 10.1 Å². The Kier molecular flexibility index (Phi) is 6.23. The Bertz CT molecular complexity index is 640. The van der Waals surface area contributed by atoms with E-state index in [0.29, 0.717) is 0 Å². The zero-order chi connectivity index (χ0) is 16.8. The molecule has 0 spiro atoms. The molecule has 0 radical (unpaired) electrons. The molecule has 1 aromatic rings. The van der Waals surface area contributed by atoms with Gasteiger partial charge in [0, 0.05) is 24.6 Å². The topological polar surface area (TPSA) is 56.1 Å². The summed E-state index contributed by atoms with van der Waals surface area (Å²) in [5, 5.41) is 12.3. The molecule has 4 nitrogen and oxygen atoms in total. The van der Waals surface area contributed by atoms with E-state index in [1.807, 2.05) is 43.3 Å². The molecule has 0 saturated heterocycles. The van der Waals surface area contributed by atoms with Crippen LogP contribution in [0.2, 0.25) is 0 Å². The number of hydrogen-bond donors (Lipinski definition) is 1. The van der Waals surface area contributed by atoms with Crippen molar-refractivity contribution >= 4 is 33.6 Å². The summed E-state index contributed by atoms with van der Waals surface area (Å²) in [6.45, 7) is 0. The SMILES string of the molecule is CN(C)c1ccc(C=C(C#N)C(=O)NC2CCCCC2)cc1Br. The van der Waals surface area contributed by atoms with Gasteiger partial charge in [0.15, 0.2) is 0 Å². The van der Waals surface area contributed by atoms with E-state index in [4.69, 9.17) is 0 Å². The average Bonchev–Trinajstić information content (AvgIpc) is 2.53. The second-order valence-electron chi connectivity index (χ2n) is 6.08. The van der Waals surface area contributed by atoms with Crippen molar-refractivity contribution in [1.82, 2.24) is 5.32 Å². The molecule has 23 heavy (non-hydrogen) atoms. The first-order valence-corrected chi connectivity index (χ1v) is 8.70. The van der Waals surface area contributed by atoms with Crippen LogP contribution >= 0.6 is 15.9 Å². The first kappa shape index (κ1) is 17.6. The van der Waals surface area contributed by atoms with Crippen LogP contribution in [0.5, 0.6) is 0 Å². The number of carbonyl (C=O) groups is 1. The smallest absolute Gasteiger partial charge is 0.262 e. The number of nitriles is 1. The average molecular weight is 376 g/mol. The van der Waals surface area contributed by atoms with Crippen LogP contribution in [0.15, 0.2) is 28.2 Å². The van der Waals surface area contributed by atoms with Gasteiger partial charge < -0.3 is 10.2 Å². The van der Waals surface area contributed by atoms with Crippen LogP contribution in [0.3, 0.4) is 0 Å². The molecule has 0 aliphatic heterocycles. The van der Waals surface area contributed by atoms with Crippen LogP contribution in [-0.4, -0.2) is 26.0 Å². The Morgan fingerprint density at radius 1 is 1.35 bits per heavy atom. The van der Waals surface area contributed by atoms with Crippen molar-refractivity contribution < 1.29 is 4.79 Å². The van der Waals surface area contributed by atoms with Gasteiger partial charge in [0.05, 0.1) is 5.69 Å². The maximum absolute atomic E-state index is 12.3. The number of anilines is 1. The Morgan fingerprint density at radius 2 is 2.04 bits per heavy atom. The number of benzene rings is 1. The lowest BCUT2D eigenvalue weighted by Gasteiger charge is -2.22. The molecule has 5 heteroatoms. The first-order chi connectivity index (χ1) is 11.0. The molecular weight excluding hydrogens is 354 g/mol. The summed E-state index contributed by atoms with van der Waals surface area (Å²) in [5.74, 6) is -0.271. The molecule has 0 bridgehead atoms. The van der Waals surface area contributed by atoms with Crippen LogP contribution in [-0.2, 0) is 4.79 Å². The van der Waals surface area contributed by atoms with E-state index in [1.165, 1.54) is 6.42 Å². The predicted octanol–water partition coefficient (Wildman–Crippen LogP) is 3.87. The highest BCUT2D eigenvalue weighted by molar-refractivity contribution is 9.10. The van der Waals surface area contributed by atoms with Gasteiger partial charge in [0.25, 0.3) is 5.91 Å². The van der Waals surface area contributed by atoms with Crippen molar-refractivity contribution in [3.05, 3.63) is 33.8 Å². The molecule has 0 aromatic heterocycles. The molecule has 122 valence electrons. The first-order valence-electron chi connectivity index (χ1n) is 7.91. The third kappa shape index (κ3) is 4.84. The number of carbonyl (C=O) groups excluding carboxylic acids is 1. The van der Waals surface area contributed by atoms with Gasteiger partial charge in [-0.25, -0.2) is 0 Å². The van der Waals surface area contributed by atoms with E-state index in [1.54, 1.807) is 6.08 Å². The number of rotatable bonds is 4. The second-order valence-corrected chi connectivity index (χ2v) is 6.94. The van der Waals surface area contributed by atoms with Crippen molar-refractivity contribution in [3.8, 4) is 6.07 Å². The molecular formula is C18H22BrN3O. The highest BCUT2D eigenvalue weighted by Gasteiger charge is 2.18. The molecule has 1 saturated carbocycles. The quantitative estimate of drug-likeness (QED) is 0.641. The molecule has 1 N–H and O–H groups in total. The zero-order valence-electron chi connectivity index (χ0n) is 13.6. The Morgan fingerprint density at radius 3 is 2.61 bits per heavy atom. The summed E-state index contributed by atoms with van der Waals surface area (Å²) in [6.07, 6.45) is 7.19. The second kappa shape index (κ2) is 8.16. The minimum absolute atomic E-state index is 0.153. The van der Waals surface area contributed by atoms with E-state index in [2.05, 4.69) is 21.2 Å². The molecule has 2 rings (SSSR count). The summed E-state index contributed by atoms with van der Waals surface area (Å²) in [7, 11) is 3.93. The Balaban J connectivity index is 2.13. The van der Waals surface area contributed by atoms with Crippen molar-refractivity contribution in [2.45, 2.75) is 38.1 Å². The largest absolute Gasteiger partial charge is 0.377 e. The van der Waals surface area contributed by atoms with Crippen molar-refractivity contribution in [3.63, 3.8) is 0 Å². The Hall–Kier alpha value is -1.80. The summed E-state index contributed by atoms with van der Waals surface area (Å²) < 4.78 is 0.932. The van der Waals surface area contributed by atoms with Gasteiger partial charge in [0.2, 0.25) is 0 Å². The predicted molar refractivity (Wildman–Crippen MR) is 97.1 cm³/mol.